The lowest BCUT2D eigenvalue weighted by molar-refractivity contribution is 0.486. The van der Waals surface area contributed by atoms with Crippen LogP contribution in [0.4, 0.5) is 0 Å². The van der Waals surface area contributed by atoms with Crippen molar-refractivity contribution in [3.05, 3.63) is 103 Å². The molecule has 2 nitrogen and oxygen atoms in total. The molecule has 136 valence electrons. The minimum absolute atomic E-state index is 0.853. The van der Waals surface area contributed by atoms with Gasteiger partial charge in [-0.05, 0) is 29.1 Å². The summed E-state index contributed by atoms with van der Waals surface area (Å²) < 4.78 is 6.25. The molecule has 0 N–H and O–H groups in total. The fourth-order valence-corrected chi connectivity index (χ4v) is 4.19. The minimum atomic E-state index is 0.853. The van der Waals surface area contributed by atoms with E-state index in [0.717, 1.165) is 55.9 Å². The van der Waals surface area contributed by atoms with Crippen LogP contribution in [0, 0.1) is 0 Å². The van der Waals surface area contributed by atoms with Gasteiger partial charge in [-0.3, -0.25) is 0 Å². The van der Waals surface area contributed by atoms with Crippen molar-refractivity contribution < 1.29 is 4.74 Å². The molecule has 2 heterocycles. The van der Waals surface area contributed by atoms with E-state index in [1.807, 2.05) is 36.4 Å². The molecule has 1 aromatic heterocycles. The summed E-state index contributed by atoms with van der Waals surface area (Å²) in [5.41, 5.74) is 6.41. The standard InChI is InChI=1S/C27H17NO/c1-3-10-18(11-4-1)24-21-15-9-17-23-25(21)27(20-14-7-8-16-22(20)29-23)28-26(24)19-12-5-2-6-13-19/h1-17H. The fourth-order valence-electron chi connectivity index (χ4n) is 4.19. The maximum absolute atomic E-state index is 6.25. The Bertz CT molecular complexity index is 1360. The zero-order valence-corrected chi connectivity index (χ0v) is 15.7. The zero-order chi connectivity index (χ0) is 19.2. The van der Waals surface area contributed by atoms with Crippen molar-refractivity contribution in [2.75, 3.05) is 0 Å². The van der Waals surface area contributed by atoms with Gasteiger partial charge in [0.05, 0.1) is 16.8 Å². The van der Waals surface area contributed by atoms with Crippen molar-refractivity contribution in [2.45, 2.75) is 0 Å². The molecule has 6 rings (SSSR count). The number of rotatable bonds is 2. The number of benzene rings is 4. The highest BCUT2D eigenvalue weighted by molar-refractivity contribution is 6.12. The topological polar surface area (TPSA) is 22.1 Å². The van der Waals surface area contributed by atoms with Gasteiger partial charge in [0.2, 0.25) is 0 Å². The van der Waals surface area contributed by atoms with Crippen LogP contribution in [0.1, 0.15) is 0 Å². The van der Waals surface area contributed by atoms with Crippen molar-refractivity contribution >= 4 is 10.8 Å². The summed E-state index contributed by atoms with van der Waals surface area (Å²) in [7, 11) is 0. The van der Waals surface area contributed by atoms with Crippen LogP contribution in [0.25, 0.3) is 44.4 Å². The first-order chi connectivity index (χ1) is 14.4. The van der Waals surface area contributed by atoms with Crippen molar-refractivity contribution in [1.29, 1.82) is 0 Å². The zero-order valence-electron chi connectivity index (χ0n) is 15.7. The molecule has 0 amide bonds. The average Bonchev–Trinajstić information content (AvgIpc) is 2.80. The molecule has 0 radical (unpaired) electrons. The van der Waals surface area contributed by atoms with Gasteiger partial charge in [-0.15, -0.1) is 0 Å². The Morgan fingerprint density at radius 2 is 1.17 bits per heavy atom. The van der Waals surface area contributed by atoms with Gasteiger partial charge in [0.25, 0.3) is 0 Å². The van der Waals surface area contributed by atoms with Crippen LogP contribution in [-0.2, 0) is 0 Å². The summed E-state index contributed by atoms with van der Waals surface area (Å²) >= 11 is 0. The highest BCUT2D eigenvalue weighted by Crippen LogP contribution is 2.49. The molecule has 0 aliphatic carbocycles. The van der Waals surface area contributed by atoms with E-state index in [9.17, 15) is 0 Å². The van der Waals surface area contributed by atoms with Crippen LogP contribution in [-0.4, -0.2) is 4.98 Å². The molecule has 0 fully saturated rings. The second-order valence-electron chi connectivity index (χ2n) is 7.19. The Labute approximate surface area is 169 Å². The molecule has 1 aliphatic rings. The maximum Gasteiger partial charge on any atom is 0.137 e. The maximum atomic E-state index is 6.25. The molecule has 0 saturated carbocycles. The third kappa shape index (κ3) is 2.46. The van der Waals surface area contributed by atoms with Crippen LogP contribution in [0.5, 0.6) is 11.5 Å². The number of fused-ring (bicyclic) bond motifs is 2. The van der Waals surface area contributed by atoms with Gasteiger partial charge in [-0.1, -0.05) is 84.9 Å². The molecule has 0 atom stereocenters. The Hall–Kier alpha value is -3.91. The van der Waals surface area contributed by atoms with Crippen LogP contribution >= 0.6 is 0 Å². The van der Waals surface area contributed by atoms with E-state index in [1.165, 1.54) is 0 Å². The third-order valence-electron chi connectivity index (χ3n) is 5.46. The van der Waals surface area contributed by atoms with E-state index in [-0.39, 0.29) is 0 Å². The Balaban J connectivity index is 1.80. The van der Waals surface area contributed by atoms with Gasteiger partial charge >= 0.3 is 0 Å². The normalized spacial score (nSPS) is 11.7. The molecular formula is C27H17NO. The van der Waals surface area contributed by atoms with Gasteiger partial charge in [0.15, 0.2) is 0 Å². The molecule has 2 heteroatoms. The molecular weight excluding hydrogens is 354 g/mol. The van der Waals surface area contributed by atoms with E-state index in [4.69, 9.17) is 9.72 Å². The summed E-state index contributed by atoms with van der Waals surface area (Å²) in [6.07, 6.45) is 0. The minimum Gasteiger partial charge on any atom is -0.456 e. The van der Waals surface area contributed by atoms with Crippen molar-refractivity contribution in [2.24, 2.45) is 0 Å². The summed E-state index contributed by atoms with van der Waals surface area (Å²) in [6, 6.07) is 35.3. The summed E-state index contributed by atoms with van der Waals surface area (Å²) in [6.45, 7) is 0. The van der Waals surface area contributed by atoms with Gasteiger partial charge in [0.1, 0.15) is 11.5 Å². The van der Waals surface area contributed by atoms with Gasteiger partial charge < -0.3 is 4.74 Å². The molecule has 0 saturated heterocycles. The summed E-state index contributed by atoms with van der Waals surface area (Å²) in [5.74, 6) is 1.71. The van der Waals surface area contributed by atoms with E-state index < -0.39 is 0 Å². The van der Waals surface area contributed by atoms with Crippen LogP contribution < -0.4 is 4.74 Å². The first-order valence-corrected chi connectivity index (χ1v) is 9.75. The Morgan fingerprint density at radius 3 is 1.97 bits per heavy atom. The highest BCUT2D eigenvalue weighted by Gasteiger charge is 2.25. The smallest absolute Gasteiger partial charge is 0.137 e. The third-order valence-corrected chi connectivity index (χ3v) is 5.46. The predicted octanol–water partition coefficient (Wildman–Crippen LogP) is 7.34. The monoisotopic (exact) mass is 371 g/mol. The molecule has 0 bridgehead atoms. The number of nitrogens with zero attached hydrogens (tertiary/aromatic N) is 1. The molecule has 1 aliphatic heterocycles. The largest absolute Gasteiger partial charge is 0.456 e. The SMILES string of the molecule is c1ccc(-c2nc3c4c(cccc4c2-c2ccccc2)Oc2ccccc2-3)cc1. The quantitative estimate of drug-likeness (QED) is 0.318. The second-order valence-corrected chi connectivity index (χ2v) is 7.19. The van der Waals surface area contributed by atoms with E-state index in [1.54, 1.807) is 0 Å². The van der Waals surface area contributed by atoms with Gasteiger partial charge in [-0.25, -0.2) is 4.98 Å². The first-order valence-electron chi connectivity index (χ1n) is 9.75. The summed E-state index contributed by atoms with van der Waals surface area (Å²) in [4.78, 5) is 5.24. The van der Waals surface area contributed by atoms with Gasteiger partial charge in [-0.2, -0.15) is 0 Å². The highest BCUT2D eigenvalue weighted by atomic mass is 16.5. The van der Waals surface area contributed by atoms with E-state index in [2.05, 4.69) is 66.7 Å². The van der Waals surface area contributed by atoms with E-state index >= 15 is 0 Å². The van der Waals surface area contributed by atoms with Crippen LogP contribution in [0.3, 0.4) is 0 Å². The molecule has 0 unspecified atom stereocenters. The number of pyridine rings is 1. The van der Waals surface area contributed by atoms with Gasteiger partial charge in [0, 0.05) is 16.7 Å². The predicted molar refractivity (Wildman–Crippen MR) is 118 cm³/mol. The van der Waals surface area contributed by atoms with Crippen molar-refractivity contribution in [1.82, 2.24) is 4.98 Å². The Morgan fingerprint density at radius 1 is 0.517 bits per heavy atom. The van der Waals surface area contributed by atoms with Crippen molar-refractivity contribution in [3.8, 4) is 45.1 Å². The van der Waals surface area contributed by atoms with E-state index in [0.29, 0.717) is 0 Å². The molecule has 29 heavy (non-hydrogen) atoms. The molecule has 0 spiro atoms. The number of hydrogen-bond donors (Lipinski definition) is 0. The number of aromatic nitrogens is 1. The number of ether oxygens (including phenoxy) is 1. The average molecular weight is 371 g/mol. The lowest BCUT2D eigenvalue weighted by Crippen LogP contribution is -2.02. The number of para-hydroxylation sites is 1. The fraction of sp³-hybridized carbons (Fsp3) is 0. The van der Waals surface area contributed by atoms with Crippen LogP contribution in [0.2, 0.25) is 0 Å². The molecule has 4 aromatic carbocycles. The second kappa shape index (κ2) is 6.32. The first kappa shape index (κ1) is 16.1. The summed E-state index contributed by atoms with van der Waals surface area (Å²) in [5, 5.41) is 2.23. The van der Waals surface area contributed by atoms with Crippen molar-refractivity contribution in [3.63, 3.8) is 0 Å². The molecule has 5 aromatic rings. The number of hydrogen-bond acceptors (Lipinski definition) is 2. The van der Waals surface area contributed by atoms with Crippen LogP contribution in [0.15, 0.2) is 103 Å². The lowest BCUT2D eigenvalue weighted by Gasteiger charge is -2.23. The lowest BCUT2D eigenvalue weighted by atomic mass is 9.90. The Kier molecular flexibility index (Phi) is 3.50.